The molecule has 37 heavy (non-hydrogen) atoms. The molecule has 1 fully saturated rings. The molecule has 0 bridgehead atoms. The zero-order chi connectivity index (χ0) is 26.7. The van der Waals surface area contributed by atoms with E-state index in [2.05, 4.69) is 55.6 Å². The fraction of sp³-hybridized carbons (Fsp3) is 0.406. The van der Waals surface area contributed by atoms with Gasteiger partial charge in [0.1, 0.15) is 0 Å². The van der Waals surface area contributed by atoms with Gasteiger partial charge in [-0.25, -0.2) is 0 Å². The maximum Gasteiger partial charge on any atom is 0.313 e. The van der Waals surface area contributed by atoms with E-state index < -0.39 is 17.5 Å². The van der Waals surface area contributed by atoms with Crippen molar-refractivity contribution in [3.8, 4) is 0 Å². The Labute approximate surface area is 220 Å². The number of carbonyl (C=O) groups is 1. The summed E-state index contributed by atoms with van der Waals surface area (Å²) < 4.78 is 0.760. The summed E-state index contributed by atoms with van der Waals surface area (Å²) in [5, 5.41) is 31.4. The zero-order valence-corrected chi connectivity index (χ0v) is 22.2. The number of hydrogen-bond acceptors (Lipinski definition) is 3. The molecular formula is C32H40NO4+. The van der Waals surface area contributed by atoms with Crippen molar-refractivity contribution >= 4 is 5.97 Å². The number of rotatable bonds is 9. The lowest BCUT2D eigenvalue weighted by Crippen LogP contribution is -2.65. The monoisotopic (exact) mass is 502 g/mol. The third-order valence-corrected chi connectivity index (χ3v) is 8.59. The summed E-state index contributed by atoms with van der Waals surface area (Å²) in [4.78, 5) is 11.6. The lowest BCUT2D eigenvalue weighted by Gasteiger charge is -2.55. The molecule has 3 aromatic carbocycles. The predicted octanol–water partition coefficient (Wildman–Crippen LogP) is 5.41. The molecule has 1 aliphatic heterocycles. The first-order valence-corrected chi connectivity index (χ1v) is 13.3. The minimum atomic E-state index is -0.973. The van der Waals surface area contributed by atoms with Crippen LogP contribution in [0, 0.1) is 0 Å². The van der Waals surface area contributed by atoms with E-state index in [4.69, 9.17) is 0 Å². The molecule has 3 atom stereocenters. The number of quaternary nitrogens is 1. The van der Waals surface area contributed by atoms with Crippen LogP contribution < -0.4 is 0 Å². The zero-order valence-electron chi connectivity index (χ0n) is 22.2. The van der Waals surface area contributed by atoms with E-state index in [0.29, 0.717) is 12.8 Å². The minimum Gasteiger partial charge on any atom is -0.481 e. The first-order chi connectivity index (χ1) is 17.6. The van der Waals surface area contributed by atoms with Crippen molar-refractivity contribution in [2.24, 2.45) is 0 Å². The van der Waals surface area contributed by atoms with E-state index in [-0.39, 0.29) is 11.6 Å². The molecule has 1 saturated heterocycles. The molecule has 1 aliphatic rings. The minimum absolute atomic E-state index is 0.370. The van der Waals surface area contributed by atoms with Crippen molar-refractivity contribution in [1.82, 2.24) is 0 Å². The smallest absolute Gasteiger partial charge is 0.313 e. The van der Waals surface area contributed by atoms with Gasteiger partial charge in [0.15, 0.2) is 5.54 Å². The van der Waals surface area contributed by atoms with Crippen LogP contribution >= 0.6 is 0 Å². The Morgan fingerprint density at radius 1 is 0.973 bits per heavy atom. The quantitative estimate of drug-likeness (QED) is 0.342. The number of piperidine rings is 1. The van der Waals surface area contributed by atoms with Gasteiger partial charge >= 0.3 is 5.97 Å². The van der Waals surface area contributed by atoms with Crippen LogP contribution in [0.25, 0.3) is 0 Å². The highest BCUT2D eigenvalue weighted by molar-refractivity contribution is 5.80. The first-order valence-electron chi connectivity index (χ1n) is 13.3. The Morgan fingerprint density at radius 2 is 1.51 bits per heavy atom. The normalized spacial score (nSPS) is 22.4. The van der Waals surface area contributed by atoms with Crippen molar-refractivity contribution in [3.05, 3.63) is 107 Å². The van der Waals surface area contributed by atoms with Crippen LogP contribution in [-0.4, -0.2) is 52.0 Å². The summed E-state index contributed by atoms with van der Waals surface area (Å²) in [6, 6.07) is 28.4. The molecule has 4 rings (SSSR count). The number of nitrogens with zero attached hydrogens (tertiary/aromatic N) is 1. The summed E-state index contributed by atoms with van der Waals surface area (Å²) in [6.07, 6.45) is 1.84. The van der Waals surface area contributed by atoms with Gasteiger partial charge in [-0.15, -0.1) is 0 Å². The summed E-state index contributed by atoms with van der Waals surface area (Å²) in [5.74, 6) is -0.871. The van der Waals surface area contributed by atoms with Crippen LogP contribution in [0.1, 0.15) is 67.9 Å². The van der Waals surface area contributed by atoms with Crippen molar-refractivity contribution < 1.29 is 24.6 Å². The Kier molecular flexibility index (Phi) is 7.88. The van der Waals surface area contributed by atoms with E-state index in [1.807, 2.05) is 36.4 Å². The fourth-order valence-electron chi connectivity index (χ4n) is 6.09. The third kappa shape index (κ3) is 5.22. The van der Waals surface area contributed by atoms with Crippen molar-refractivity contribution in [3.63, 3.8) is 0 Å². The molecule has 0 spiro atoms. The van der Waals surface area contributed by atoms with Gasteiger partial charge in [0.05, 0.1) is 37.8 Å². The van der Waals surface area contributed by atoms with Gasteiger partial charge in [0.25, 0.3) is 0 Å². The summed E-state index contributed by atoms with van der Waals surface area (Å²) >= 11 is 0. The lowest BCUT2D eigenvalue weighted by molar-refractivity contribution is -0.967. The number of hydrogen-bond donors (Lipinski definition) is 3. The molecule has 0 aliphatic carbocycles. The van der Waals surface area contributed by atoms with Crippen LogP contribution in [0.4, 0.5) is 0 Å². The number of aliphatic hydroxyl groups is 2. The number of aliphatic hydroxyl groups excluding tert-OH is 2. The Morgan fingerprint density at radius 3 is 2.03 bits per heavy atom. The SMILES string of the molecule is CC(C)(C(=O)O)c1ccc(C(O)CCC[N+]2(C)CCC(O)CC2(c2ccccc2)c2ccccc2)cc1. The fourth-order valence-corrected chi connectivity index (χ4v) is 6.09. The third-order valence-electron chi connectivity index (χ3n) is 8.59. The van der Waals surface area contributed by atoms with E-state index in [1.54, 1.807) is 13.8 Å². The topological polar surface area (TPSA) is 77.8 Å². The highest BCUT2D eigenvalue weighted by Gasteiger charge is 2.54. The van der Waals surface area contributed by atoms with Crippen LogP contribution in [0.5, 0.6) is 0 Å². The van der Waals surface area contributed by atoms with Crippen molar-refractivity contribution in [2.75, 3.05) is 20.1 Å². The van der Waals surface area contributed by atoms with E-state index in [1.165, 1.54) is 11.1 Å². The van der Waals surface area contributed by atoms with E-state index in [9.17, 15) is 20.1 Å². The Bertz CT molecular complexity index is 1140. The summed E-state index contributed by atoms with van der Waals surface area (Å²) in [7, 11) is 2.29. The lowest BCUT2D eigenvalue weighted by atomic mass is 9.72. The van der Waals surface area contributed by atoms with Crippen LogP contribution in [0.15, 0.2) is 84.9 Å². The molecule has 1 heterocycles. The highest BCUT2D eigenvalue weighted by atomic mass is 16.4. The molecule has 0 amide bonds. The van der Waals surface area contributed by atoms with Crippen molar-refractivity contribution in [2.45, 2.75) is 62.7 Å². The number of benzene rings is 3. The number of carboxylic acids is 1. The van der Waals surface area contributed by atoms with Crippen LogP contribution in [-0.2, 0) is 15.7 Å². The van der Waals surface area contributed by atoms with Gasteiger partial charge in [-0.1, -0.05) is 84.9 Å². The number of carboxylic acid groups (broad SMARTS) is 1. The molecule has 3 unspecified atom stereocenters. The average molecular weight is 503 g/mol. The largest absolute Gasteiger partial charge is 0.481 e. The number of aliphatic carboxylic acids is 1. The molecule has 0 aromatic heterocycles. The molecule has 5 heteroatoms. The molecular weight excluding hydrogens is 462 g/mol. The van der Waals surface area contributed by atoms with E-state index in [0.717, 1.165) is 41.5 Å². The van der Waals surface area contributed by atoms with Gasteiger partial charge in [0, 0.05) is 24.0 Å². The van der Waals surface area contributed by atoms with E-state index >= 15 is 0 Å². The number of likely N-dealkylation sites (tertiary alicyclic amines) is 1. The molecule has 0 radical (unpaired) electrons. The molecule has 5 nitrogen and oxygen atoms in total. The standard InChI is InChI=1S/C32H39NO4/c1-31(2,30(36)37)25-18-16-24(17-19-25)29(35)15-10-21-33(3)22-20-28(34)23-32(33,26-11-6-4-7-12-26)27-13-8-5-9-14-27/h4-9,11-14,16-19,28-29,34-35H,10,15,20-23H2,1-3H3/p+1. The van der Waals surface area contributed by atoms with Crippen LogP contribution in [0.2, 0.25) is 0 Å². The Hall–Kier alpha value is -2.99. The molecule has 0 saturated carbocycles. The summed E-state index contributed by atoms with van der Waals surface area (Å²) in [6.45, 7) is 5.08. The molecule has 196 valence electrons. The maximum absolute atomic E-state index is 11.6. The van der Waals surface area contributed by atoms with Gasteiger partial charge in [-0.05, 0) is 37.8 Å². The molecule has 3 N–H and O–H groups in total. The predicted molar refractivity (Wildman–Crippen MR) is 146 cm³/mol. The van der Waals surface area contributed by atoms with Crippen LogP contribution in [0.3, 0.4) is 0 Å². The second-order valence-corrected chi connectivity index (χ2v) is 11.3. The Balaban J connectivity index is 1.56. The highest BCUT2D eigenvalue weighted by Crippen LogP contribution is 2.48. The first kappa shape index (κ1) is 27.1. The maximum atomic E-state index is 11.6. The van der Waals surface area contributed by atoms with Gasteiger partial charge in [-0.2, -0.15) is 0 Å². The second kappa shape index (κ2) is 10.8. The van der Waals surface area contributed by atoms with Gasteiger partial charge < -0.3 is 19.8 Å². The summed E-state index contributed by atoms with van der Waals surface area (Å²) in [5.41, 5.74) is 2.59. The average Bonchev–Trinajstić information content (AvgIpc) is 2.91. The van der Waals surface area contributed by atoms with Gasteiger partial charge in [0.2, 0.25) is 0 Å². The van der Waals surface area contributed by atoms with Crippen molar-refractivity contribution in [1.29, 1.82) is 0 Å². The molecule has 3 aromatic rings. The van der Waals surface area contributed by atoms with Gasteiger partial charge in [-0.3, -0.25) is 4.79 Å². The second-order valence-electron chi connectivity index (χ2n) is 11.3.